The summed E-state index contributed by atoms with van der Waals surface area (Å²) in [6.07, 6.45) is 3.60. The summed E-state index contributed by atoms with van der Waals surface area (Å²) in [5, 5.41) is 8.54. The molecule has 0 atom stereocenters. The molecule has 0 spiro atoms. The first kappa shape index (κ1) is 15.8. The van der Waals surface area contributed by atoms with Gasteiger partial charge in [0, 0.05) is 13.0 Å². The zero-order valence-corrected chi connectivity index (χ0v) is 9.86. The molecule has 0 saturated heterocycles. The molecule has 16 heavy (non-hydrogen) atoms. The molecule has 0 aliphatic heterocycles. The van der Waals surface area contributed by atoms with Crippen molar-refractivity contribution in [3.63, 3.8) is 0 Å². The Morgan fingerprint density at radius 1 is 0.625 bits per heavy atom. The van der Waals surface area contributed by atoms with Crippen LogP contribution in [0, 0.1) is 0 Å². The van der Waals surface area contributed by atoms with Crippen molar-refractivity contribution in [3.8, 4) is 0 Å². The average Bonchev–Trinajstić information content (AvgIpc) is 2.19. The normalized spacial score (nSPS) is 12.0. The number of aliphatic hydroxyl groups excluding tert-OH is 1. The van der Waals surface area contributed by atoms with Gasteiger partial charge in [0.1, 0.15) is 0 Å². The first-order valence-corrected chi connectivity index (χ1v) is 6.24. The molecule has 0 amide bonds. The second-order valence-electron chi connectivity index (χ2n) is 4.27. The number of unbranched alkanes of at least 4 members (excludes halogenated alkanes) is 8. The van der Waals surface area contributed by atoms with Gasteiger partial charge in [-0.15, -0.1) is 0 Å². The summed E-state index contributed by atoms with van der Waals surface area (Å²) in [5.74, 6) is 0. The standard InChI is InChI=1S/C12H23F3O/c13-12(14,15)10-8-6-4-2-1-3-5-7-9-11-16/h16H,1-11H2. The molecule has 0 aromatic rings. The minimum atomic E-state index is -3.98. The molecule has 0 aromatic heterocycles. The fourth-order valence-corrected chi connectivity index (χ4v) is 1.67. The van der Waals surface area contributed by atoms with Crippen LogP contribution in [0.1, 0.15) is 64.2 Å². The molecular formula is C12H23F3O. The second-order valence-corrected chi connectivity index (χ2v) is 4.27. The molecule has 0 aliphatic rings. The van der Waals surface area contributed by atoms with E-state index in [-0.39, 0.29) is 13.0 Å². The molecule has 0 rings (SSSR count). The number of alkyl halides is 3. The molecule has 1 N–H and O–H groups in total. The van der Waals surface area contributed by atoms with E-state index in [1.54, 1.807) is 0 Å². The highest BCUT2D eigenvalue weighted by Crippen LogP contribution is 2.23. The average molecular weight is 240 g/mol. The maximum absolute atomic E-state index is 11.8. The topological polar surface area (TPSA) is 20.2 Å². The third-order valence-electron chi connectivity index (χ3n) is 2.62. The van der Waals surface area contributed by atoms with E-state index < -0.39 is 12.6 Å². The number of aliphatic hydroxyl groups is 1. The molecule has 4 heteroatoms. The van der Waals surface area contributed by atoms with Gasteiger partial charge < -0.3 is 5.11 Å². The van der Waals surface area contributed by atoms with E-state index >= 15 is 0 Å². The summed E-state index contributed by atoms with van der Waals surface area (Å²) in [4.78, 5) is 0. The maximum Gasteiger partial charge on any atom is 0.389 e. The van der Waals surface area contributed by atoms with Crippen LogP contribution >= 0.6 is 0 Å². The van der Waals surface area contributed by atoms with Gasteiger partial charge in [-0.05, 0) is 12.8 Å². The summed E-state index contributed by atoms with van der Waals surface area (Å²) in [6.45, 7) is 0.261. The lowest BCUT2D eigenvalue weighted by molar-refractivity contribution is -0.135. The monoisotopic (exact) mass is 240 g/mol. The highest BCUT2D eigenvalue weighted by atomic mass is 19.4. The minimum Gasteiger partial charge on any atom is -0.396 e. The van der Waals surface area contributed by atoms with Crippen LogP contribution in [-0.2, 0) is 0 Å². The molecule has 0 fully saturated rings. The van der Waals surface area contributed by atoms with E-state index in [2.05, 4.69) is 0 Å². The molecular weight excluding hydrogens is 217 g/mol. The number of hydrogen-bond donors (Lipinski definition) is 1. The smallest absolute Gasteiger partial charge is 0.389 e. The van der Waals surface area contributed by atoms with Gasteiger partial charge in [0.25, 0.3) is 0 Å². The van der Waals surface area contributed by atoms with Crippen LogP contribution < -0.4 is 0 Å². The first-order valence-electron chi connectivity index (χ1n) is 6.24. The van der Waals surface area contributed by atoms with Crippen LogP contribution in [0.15, 0.2) is 0 Å². The zero-order valence-electron chi connectivity index (χ0n) is 9.86. The van der Waals surface area contributed by atoms with E-state index in [9.17, 15) is 13.2 Å². The van der Waals surface area contributed by atoms with Crippen LogP contribution in [0.25, 0.3) is 0 Å². The highest BCUT2D eigenvalue weighted by molar-refractivity contribution is 4.52. The minimum absolute atomic E-state index is 0.261. The Hall–Kier alpha value is -0.250. The van der Waals surface area contributed by atoms with Crippen molar-refractivity contribution in [2.24, 2.45) is 0 Å². The largest absolute Gasteiger partial charge is 0.396 e. The molecule has 0 heterocycles. The quantitative estimate of drug-likeness (QED) is 0.560. The molecule has 0 aromatic carbocycles. The van der Waals surface area contributed by atoms with Gasteiger partial charge in [-0.2, -0.15) is 13.2 Å². The van der Waals surface area contributed by atoms with E-state index in [0.29, 0.717) is 6.42 Å². The SMILES string of the molecule is OCCCCCCCCCCCC(F)(F)F. The van der Waals surface area contributed by atoms with E-state index in [0.717, 1.165) is 44.9 Å². The summed E-state index contributed by atoms with van der Waals surface area (Å²) >= 11 is 0. The van der Waals surface area contributed by atoms with E-state index in [4.69, 9.17) is 5.11 Å². The predicted molar refractivity (Wildman–Crippen MR) is 59.3 cm³/mol. The molecule has 0 aliphatic carbocycles. The van der Waals surface area contributed by atoms with Crippen molar-refractivity contribution in [2.45, 2.75) is 70.4 Å². The Morgan fingerprint density at radius 2 is 1.00 bits per heavy atom. The fraction of sp³-hybridized carbons (Fsp3) is 1.00. The van der Waals surface area contributed by atoms with E-state index in [1.165, 1.54) is 0 Å². The van der Waals surface area contributed by atoms with Crippen molar-refractivity contribution in [1.82, 2.24) is 0 Å². The van der Waals surface area contributed by atoms with Gasteiger partial charge in [0.05, 0.1) is 0 Å². The van der Waals surface area contributed by atoms with Crippen molar-refractivity contribution in [1.29, 1.82) is 0 Å². The van der Waals surface area contributed by atoms with Crippen LogP contribution in [-0.4, -0.2) is 17.9 Å². The molecule has 98 valence electrons. The van der Waals surface area contributed by atoms with Crippen molar-refractivity contribution >= 4 is 0 Å². The van der Waals surface area contributed by atoms with Crippen LogP contribution in [0.5, 0.6) is 0 Å². The maximum atomic E-state index is 11.8. The van der Waals surface area contributed by atoms with Gasteiger partial charge in [0.15, 0.2) is 0 Å². The highest BCUT2D eigenvalue weighted by Gasteiger charge is 2.25. The van der Waals surface area contributed by atoms with Crippen LogP contribution in [0.2, 0.25) is 0 Å². The number of halogens is 3. The van der Waals surface area contributed by atoms with Gasteiger partial charge in [-0.1, -0.05) is 44.9 Å². The van der Waals surface area contributed by atoms with Gasteiger partial charge in [-0.3, -0.25) is 0 Å². The van der Waals surface area contributed by atoms with Crippen molar-refractivity contribution in [3.05, 3.63) is 0 Å². The Bertz CT molecular complexity index is 146. The second kappa shape index (κ2) is 9.94. The summed E-state index contributed by atoms with van der Waals surface area (Å²) in [5.41, 5.74) is 0. The Morgan fingerprint density at radius 3 is 1.38 bits per heavy atom. The predicted octanol–water partition coefficient (Wildman–Crippen LogP) is 4.44. The van der Waals surface area contributed by atoms with Crippen LogP contribution in [0.4, 0.5) is 13.2 Å². The van der Waals surface area contributed by atoms with Gasteiger partial charge in [-0.25, -0.2) is 0 Å². The molecule has 0 saturated carbocycles. The Balaban J connectivity index is 2.99. The van der Waals surface area contributed by atoms with Crippen molar-refractivity contribution < 1.29 is 18.3 Å². The van der Waals surface area contributed by atoms with Gasteiger partial charge >= 0.3 is 6.18 Å². The molecule has 0 radical (unpaired) electrons. The fourth-order valence-electron chi connectivity index (χ4n) is 1.67. The summed E-state index contributed by atoms with van der Waals surface area (Å²) in [7, 11) is 0. The number of hydrogen-bond acceptors (Lipinski definition) is 1. The third-order valence-corrected chi connectivity index (χ3v) is 2.62. The van der Waals surface area contributed by atoms with E-state index in [1.807, 2.05) is 0 Å². The summed E-state index contributed by atoms with van der Waals surface area (Å²) < 4.78 is 35.4. The molecule has 1 nitrogen and oxygen atoms in total. The Labute approximate surface area is 96.0 Å². The lowest BCUT2D eigenvalue weighted by atomic mass is 10.1. The van der Waals surface area contributed by atoms with Crippen LogP contribution in [0.3, 0.4) is 0 Å². The van der Waals surface area contributed by atoms with Gasteiger partial charge in [0.2, 0.25) is 0 Å². The summed E-state index contributed by atoms with van der Waals surface area (Å²) in [6, 6.07) is 0. The lowest BCUT2D eigenvalue weighted by Crippen LogP contribution is -2.06. The molecule has 0 bridgehead atoms. The third kappa shape index (κ3) is 13.8. The zero-order chi connectivity index (χ0) is 12.3. The lowest BCUT2D eigenvalue weighted by Gasteiger charge is -2.05. The number of rotatable bonds is 10. The Kier molecular flexibility index (Phi) is 9.78. The molecule has 0 unspecified atom stereocenters. The van der Waals surface area contributed by atoms with Crippen molar-refractivity contribution in [2.75, 3.05) is 6.61 Å². The first-order chi connectivity index (χ1) is 7.56.